The van der Waals surface area contributed by atoms with Crippen LogP contribution in [0.15, 0.2) is 57.9 Å². The summed E-state index contributed by atoms with van der Waals surface area (Å²) in [7, 11) is -2.06. The average Bonchev–Trinajstić information content (AvgIpc) is 3.02. The third-order valence-electron chi connectivity index (χ3n) is 3.33. The molecule has 6 nitrogen and oxygen atoms in total. The largest absolute Gasteiger partial charge is 0.497 e. The van der Waals surface area contributed by atoms with Gasteiger partial charge in [0.2, 0.25) is 5.13 Å². The summed E-state index contributed by atoms with van der Waals surface area (Å²) < 4.78 is 33.1. The summed E-state index contributed by atoms with van der Waals surface area (Å²) in [5.74, 6) is 0.781. The number of ether oxygens (including phenoxy) is 1. The minimum absolute atomic E-state index is 0.169. The number of nitrogens with one attached hydrogen (secondary N) is 1. The van der Waals surface area contributed by atoms with Crippen molar-refractivity contribution in [1.29, 1.82) is 0 Å². The molecule has 3 rings (SSSR count). The zero-order chi connectivity index (χ0) is 17.9. The SMILES string of the molecule is COc1ccc(Cc2nnc(NS(=O)(=O)c3ccc(Br)cc3)s2)cc1. The summed E-state index contributed by atoms with van der Waals surface area (Å²) in [6, 6.07) is 14.0. The van der Waals surface area contributed by atoms with Gasteiger partial charge in [-0.3, -0.25) is 4.72 Å². The van der Waals surface area contributed by atoms with Gasteiger partial charge in [0.05, 0.1) is 12.0 Å². The highest BCUT2D eigenvalue weighted by Crippen LogP contribution is 2.23. The minimum Gasteiger partial charge on any atom is -0.497 e. The number of nitrogens with zero attached hydrogens (tertiary/aromatic N) is 2. The molecule has 3 aromatic rings. The third kappa shape index (κ3) is 4.56. The third-order valence-corrected chi connectivity index (χ3v) is 6.18. The van der Waals surface area contributed by atoms with Crippen molar-refractivity contribution < 1.29 is 13.2 Å². The van der Waals surface area contributed by atoms with E-state index in [0.29, 0.717) is 6.42 Å². The quantitative estimate of drug-likeness (QED) is 0.632. The van der Waals surface area contributed by atoms with Crippen molar-refractivity contribution in [2.24, 2.45) is 0 Å². The number of methoxy groups -OCH3 is 1. The van der Waals surface area contributed by atoms with Crippen LogP contribution in [-0.4, -0.2) is 25.7 Å². The average molecular weight is 440 g/mol. The van der Waals surface area contributed by atoms with Gasteiger partial charge in [0.15, 0.2) is 0 Å². The molecular formula is C16H14BrN3O3S2. The second kappa shape index (κ2) is 7.51. The lowest BCUT2D eigenvalue weighted by atomic mass is 10.1. The predicted molar refractivity (Wildman–Crippen MR) is 101 cm³/mol. The fourth-order valence-electron chi connectivity index (χ4n) is 2.07. The molecule has 25 heavy (non-hydrogen) atoms. The molecule has 0 aliphatic heterocycles. The number of hydrogen-bond acceptors (Lipinski definition) is 6. The number of benzene rings is 2. The number of sulfonamides is 1. The van der Waals surface area contributed by atoms with Crippen LogP contribution in [0.2, 0.25) is 0 Å². The van der Waals surface area contributed by atoms with E-state index in [2.05, 4.69) is 30.8 Å². The molecule has 0 atom stereocenters. The number of anilines is 1. The Hall–Kier alpha value is -1.97. The first-order valence-corrected chi connectivity index (χ1v) is 10.3. The van der Waals surface area contributed by atoms with E-state index in [9.17, 15) is 8.42 Å². The summed E-state index contributed by atoms with van der Waals surface area (Å²) in [5, 5.41) is 8.93. The van der Waals surface area contributed by atoms with Crippen molar-refractivity contribution in [3.63, 3.8) is 0 Å². The van der Waals surface area contributed by atoms with Crippen LogP contribution in [0.5, 0.6) is 5.75 Å². The molecule has 0 saturated heterocycles. The van der Waals surface area contributed by atoms with Crippen LogP contribution in [0.3, 0.4) is 0 Å². The Morgan fingerprint density at radius 3 is 2.40 bits per heavy atom. The van der Waals surface area contributed by atoms with Crippen LogP contribution in [0, 0.1) is 0 Å². The molecule has 0 aliphatic carbocycles. The van der Waals surface area contributed by atoms with Gasteiger partial charge in [-0.05, 0) is 42.0 Å². The normalized spacial score (nSPS) is 11.3. The van der Waals surface area contributed by atoms with Crippen LogP contribution in [-0.2, 0) is 16.4 Å². The van der Waals surface area contributed by atoms with Gasteiger partial charge in [-0.1, -0.05) is 39.4 Å². The second-order valence-corrected chi connectivity index (χ2v) is 8.75. The van der Waals surface area contributed by atoms with Gasteiger partial charge in [0.1, 0.15) is 10.8 Å². The zero-order valence-electron chi connectivity index (χ0n) is 13.1. The van der Waals surface area contributed by atoms with E-state index in [-0.39, 0.29) is 10.0 Å². The maximum Gasteiger partial charge on any atom is 0.263 e. The molecule has 1 N–H and O–H groups in total. The highest BCUT2D eigenvalue weighted by atomic mass is 79.9. The molecule has 0 fully saturated rings. The lowest BCUT2D eigenvalue weighted by molar-refractivity contribution is 0.414. The maximum atomic E-state index is 12.3. The first kappa shape index (κ1) is 17.8. The van der Waals surface area contributed by atoms with Crippen LogP contribution in [0.1, 0.15) is 10.6 Å². The number of aromatic nitrogens is 2. The van der Waals surface area contributed by atoms with Crippen molar-refractivity contribution in [1.82, 2.24) is 10.2 Å². The molecule has 2 aromatic carbocycles. The van der Waals surface area contributed by atoms with Gasteiger partial charge >= 0.3 is 0 Å². The van der Waals surface area contributed by atoms with E-state index in [1.54, 1.807) is 19.2 Å². The van der Waals surface area contributed by atoms with Gasteiger partial charge in [0, 0.05) is 10.9 Å². The summed E-state index contributed by atoms with van der Waals surface area (Å²) in [4.78, 5) is 0.169. The Balaban J connectivity index is 1.71. The van der Waals surface area contributed by atoms with Crippen LogP contribution in [0.4, 0.5) is 5.13 Å². The number of halogens is 1. The summed E-state index contributed by atoms with van der Waals surface area (Å²) in [5.41, 5.74) is 1.04. The van der Waals surface area contributed by atoms with Gasteiger partial charge < -0.3 is 4.74 Å². The summed E-state index contributed by atoms with van der Waals surface area (Å²) >= 11 is 4.49. The smallest absolute Gasteiger partial charge is 0.263 e. The molecule has 1 heterocycles. The summed E-state index contributed by atoms with van der Waals surface area (Å²) in [6.07, 6.45) is 0.571. The Kier molecular flexibility index (Phi) is 5.36. The standard InChI is InChI=1S/C16H14BrN3O3S2/c1-23-13-6-2-11(3-7-13)10-15-18-19-16(24-15)20-25(21,22)14-8-4-12(17)5-9-14/h2-9H,10H2,1H3,(H,19,20). The fourth-order valence-corrected chi connectivity index (χ4v) is 4.34. The first-order valence-electron chi connectivity index (χ1n) is 7.20. The van der Waals surface area contributed by atoms with Gasteiger partial charge in [-0.25, -0.2) is 8.42 Å². The highest BCUT2D eigenvalue weighted by molar-refractivity contribution is 9.10. The fraction of sp³-hybridized carbons (Fsp3) is 0.125. The molecule has 0 bridgehead atoms. The molecule has 0 aliphatic rings. The molecule has 1 aromatic heterocycles. The number of rotatable bonds is 6. The molecule has 0 spiro atoms. The zero-order valence-corrected chi connectivity index (χ0v) is 16.4. The van der Waals surface area contributed by atoms with Crippen molar-refractivity contribution in [3.05, 3.63) is 63.6 Å². The van der Waals surface area contributed by atoms with Gasteiger partial charge in [-0.2, -0.15) is 0 Å². The topological polar surface area (TPSA) is 81.2 Å². The molecule has 0 amide bonds. The number of hydrogen-bond donors (Lipinski definition) is 1. The molecule has 0 saturated carbocycles. The van der Waals surface area contributed by atoms with E-state index >= 15 is 0 Å². The van der Waals surface area contributed by atoms with E-state index in [0.717, 1.165) is 20.8 Å². The van der Waals surface area contributed by atoms with Crippen molar-refractivity contribution in [2.75, 3.05) is 11.8 Å². The monoisotopic (exact) mass is 439 g/mol. The second-order valence-electron chi connectivity index (χ2n) is 5.09. The van der Waals surface area contributed by atoms with Gasteiger partial charge in [-0.15, -0.1) is 10.2 Å². The van der Waals surface area contributed by atoms with Crippen molar-refractivity contribution in [2.45, 2.75) is 11.3 Å². The van der Waals surface area contributed by atoms with Crippen LogP contribution < -0.4 is 9.46 Å². The minimum atomic E-state index is -3.68. The maximum absolute atomic E-state index is 12.3. The molecule has 0 radical (unpaired) electrons. The lowest BCUT2D eigenvalue weighted by Gasteiger charge is -2.04. The van der Waals surface area contributed by atoms with E-state index < -0.39 is 10.0 Å². The molecule has 9 heteroatoms. The van der Waals surface area contributed by atoms with E-state index in [1.807, 2.05) is 24.3 Å². The molecule has 130 valence electrons. The Labute approximate surface area is 158 Å². The Bertz CT molecular complexity index is 955. The van der Waals surface area contributed by atoms with E-state index in [1.165, 1.54) is 23.5 Å². The predicted octanol–water partition coefficient (Wildman–Crippen LogP) is 3.70. The van der Waals surface area contributed by atoms with Gasteiger partial charge in [0.25, 0.3) is 10.0 Å². The van der Waals surface area contributed by atoms with E-state index in [4.69, 9.17) is 4.74 Å². The summed E-state index contributed by atoms with van der Waals surface area (Å²) in [6.45, 7) is 0. The molecule has 0 unspecified atom stereocenters. The molecular weight excluding hydrogens is 426 g/mol. The Morgan fingerprint density at radius 1 is 1.08 bits per heavy atom. The van der Waals surface area contributed by atoms with Crippen molar-refractivity contribution >= 4 is 42.4 Å². The van der Waals surface area contributed by atoms with Crippen molar-refractivity contribution in [3.8, 4) is 5.75 Å². The first-order chi connectivity index (χ1) is 12.0. The van der Waals surface area contributed by atoms with Crippen LogP contribution in [0.25, 0.3) is 0 Å². The van der Waals surface area contributed by atoms with Crippen LogP contribution >= 0.6 is 27.3 Å². The Morgan fingerprint density at radius 2 is 1.76 bits per heavy atom. The lowest BCUT2D eigenvalue weighted by Crippen LogP contribution is -2.12. The highest BCUT2D eigenvalue weighted by Gasteiger charge is 2.16.